The molecule has 3 aromatic carbocycles. The minimum absolute atomic E-state index is 0.0924. The van der Waals surface area contributed by atoms with Crippen LogP contribution in [0.25, 0.3) is 11.1 Å². The topological polar surface area (TPSA) is 64.6 Å². The molecule has 1 atom stereocenters. The van der Waals surface area contributed by atoms with Gasteiger partial charge < -0.3 is 14.8 Å². The monoisotopic (exact) mass is 527 g/mol. The molecule has 0 aliphatic carbocycles. The standard InChI is InChI=1S/C30H32F3NO4/c1-6-37-28(36)29(4,5)38-26-15-12-22(16-20(26)3)19(2)17-27(35)34-25-13-10-21(11-14-25)23-8-7-9-24(18-23)30(31,32)33/h7-16,18-19H,6,17H2,1-5H3,(H,34,35). The molecule has 0 radical (unpaired) electrons. The van der Waals surface area contributed by atoms with Crippen molar-refractivity contribution < 1.29 is 32.2 Å². The number of esters is 1. The summed E-state index contributed by atoms with van der Waals surface area (Å²) in [6.07, 6.45) is -4.19. The number of ether oxygens (including phenoxy) is 2. The van der Waals surface area contributed by atoms with Crippen molar-refractivity contribution in [3.8, 4) is 16.9 Å². The number of carbonyl (C=O) groups is 2. The average Bonchev–Trinajstić information content (AvgIpc) is 2.85. The molecule has 0 saturated carbocycles. The van der Waals surface area contributed by atoms with Gasteiger partial charge in [-0.15, -0.1) is 0 Å². The average molecular weight is 528 g/mol. The molecule has 1 N–H and O–H groups in total. The molecule has 3 rings (SSSR count). The van der Waals surface area contributed by atoms with Gasteiger partial charge in [-0.2, -0.15) is 13.2 Å². The Morgan fingerprint density at radius 1 is 0.947 bits per heavy atom. The third kappa shape index (κ3) is 7.37. The van der Waals surface area contributed by atoms with Crippen molar-refractivity contribution in [2.75, 3.05) is 11.9 Å². The molecule has 0 spiro atoms. The van der Waals surface area contributed by atoms with Gasteiger partial charge in [0.05, 0.1) is 12.2 Å². The van der Waals surface area contributed by atoms with Gasteiger partial charge in [0.2, 0.25) is 5.91 Å². The summed E-state index contributed by atoms with van der Waals surface area (Å²) >= 11 is 0. The van der Waals surface area contributed by atoms with Gasteiger partial charge >= 0.3 is 12.1 Å². The summed E-state index contributed by atoms with van der Waals surface area (Å²) in [6, 6.07) is 17.4. The summed E-state index contributed by atoms with van der Waals surface area (Å²) in [4.78, 5) is 24.8. The Kier molecular flexibility index (Phi) is 8.86. The van der Waals surface area contributed by atoms with E-state index in [9.17, 15) is 22.8 Å². The molecule has 5 nitrogen and oxygen atoms in total. The highest BCUT2D eigenvalue weighted by Crippen LogP contribution is 2.33. The largest absolute Gasteiger partial charge is 0.476 e. The van der Waals surface area contributed by atoms with Gasteiger partial charge in [-0.25, -0.2) is 4.79 Å². The minimum atomic E-state index is -4.41. The predicted molar refractivity (Wildman–Crippen MR) is 141 cm³/mol. The van der Waals surface area contributed by atoms with Crippen molar-refractivity contribution in [1.82, 2.24) is 0 Å². The lowest BCUT2D eigenvalue weighted by Gasteiger charge is -2.25. The Labute approximate surface area is 221 Å². The number of nitrogens with one attached hydrogen (secondary N) is 1. The molecule has 3 aromatic rings. The summed E-state index contributed by atoms with van der Waals surface area (Å²) in [5.74, 6) is -0.170. The van der Waals surface area contributed by atoms with E-state index in [1.165, 1.54) is 6.07 Å². The van der Waals surface area contributed by atoms with Crippen LogP contribution in [0.3, 0.4) is 0 Å². The summed E-state index contributed by atoms with van der Waals surface area (Å²) in [6.45, 7) is 9.12. The van der Waals surface area contributed by atoms with Crippen LogP contribution in [0.15, 0.2) is 66.7 Å². The number of benzene rings is 3. The van der Waals surface area contributed by atoms with Crippen LogP contribution in [0.2, 0.25) is 0 Å². The van der Waals surface area contributed by atoms with Crippen LogP contribution < -0.4 is 10.1 Å². The SMILES string of the molecule is CCOC(=O)C(C)(C)Oc1ccc(C(C)CC(=O)Nc2ccc(-c3cccc(C(F)(F)F)c3)cc2)cc1C. The van der Waals surface area contributed by atoms with Crippen LogP contribution >= 0.6 is 0 Å². The Morgan fingerprint density at radius 3 is 2.24 bits per heavy atom. The zero-order chi connectivity index (χ0) is 28.1. The Bertz CT molecular complexity index is 1280. The van der Waals surface area contributed by atoms with E-state index in [2.05, 4.69) is 5.32 Å². The van der Waals surface area contributed by atoms with Crippen LogP contribution in [0.4, 0.5) is 18.9 Å². The second-order valence-corrected chi connectivity index (χ2v) is 9.67. The third-order valence-corrected chi connectivity index (χ3v) is 6.08. The maximum Gasteiger partial charge on any atom is 0.416 e. The Morgan fingerprint density at radius 2 is 1.63 bits per heavy atom. The molecule has 38 heavy (non-hydrogen) atoms. The highest BCUT2D eigenvalue weighted by Gasteiger charge is 2.32. The molecule has 1 unspecified atom stereocenters. The summed E-state index contributed by atoms with van der Waals surface area (Å²) in [5.41, 5.74) is 1.55. The van der Waals surface area contributed by atoms with E-state index in [0.29, 0.717) is 22.6 Å². The number of carbonyl (C=O) groups excluding carboxylic acids is 2. The first-order valence-corrected chi connectivity index (χ1v) is 12.3. The molecule has 202 valence electrons. The van der Waals surface area contributed by atoms with E-state index in [-0.39, 0.29) is 24.9 Å². The number of hydrogen-bond acceptors (Lipinski definition) is 4. The van der Waals surface area contributed by atoms with Gasteiger partial charge in [0.15, 0.2) is 5.60 Å². The maximum atomic E-state index is 13.0. The van der Waals surface area contributed by atoms with Crippen LogP contribution in [-0.2, 0) is 20.5 Å². The lowest BCUT2D eigenvalue weighted by Crippen LogP contribution is -2.39. The second-order valence-electron chi connectivity index (χ2n) is 9.67. The number of aryl methyl sites for hydroxylation is 1. The van der Waals surface area contributed by atoms with Gasteiger partial charge in [0.1, 0.15) is 5.75 Å². The minimum Gasteiger partial charge on any atom is -0.476 e. The molecule has 0 aromatic heterocycles. The molecule has 0 heterocycles. The van der Waals surface area contributed by atoms with Crippen LogP contribution in [-0.4, -0.2) is 24.1 Å². The first-order chi connectivity index (χ1) is 17.8. The normalized spacial score (nSPS) is 12.5. The van der Waals surface area contributed by atoms with E-state index < -0.39 is 23.3 Å². The molecule has 0 aliphatic rings. The van der Waals surface area contributed by atoms with Crippen LogP contribution in [0, 0.1) is 6.92 Å². The van der Waals surface area contributed by atoms with Crippen molar-refractivity contribution in [2.24, 2.45) is 0 Å². The fraction of sp³-hybridized carbons (Fsp3) is 0.333. The first kappa shape index (κ1) is 28.8. The summed E-state index contributed by atoms with van der Waals surface area (Å²) < 4.78 is 50.0. The number of anilines is 1. The van der Waals surface area contributed by atoms with Gasteiger partial charge in [0.25, 0.3) is 0 Å². The van der Waals surface area contributed by atoms with E-state index in [1.807, 2.05) is 26.0 Å². The highest BCUT2D eigenvalue weighted by molar-refractivity contribution is 5.91. The number of amides is 1. The van der Waals surface area contributed by atoms with Crippen LogP contribution in [0.5, 0.6) is 5.75 Å². The lowest BCUT2D eigenvalue weighted by molar-refractivity contribution is -0.158. The molecule has 0 saturated heterocycles. The van der Waals surface area contributed by atoms with E-state index in [0.717, 1.165) is 23.3 Å². The lowest BCUT2D eigenvalue weighted by atomic mass is 9.95. The number of halogens is 3. The van der Waals surface area contributed by atoms with Crippen LogP contribution in [0.1, 0.15) is 56.7 Å². The Balaban J connectivity index is 1.61. The highest BCUT2D eigenvalue weighted by atomic mass is 19.4. The van der Waals surface area contributed by atoms with Gasteiger partial charge in [-0.1, -0.05) is 43.3 Å². The van der Waals surface area contributed by atoms with E-state index in [1.54, 1.807) is 57.2 Å². The van der Waals surface area contributed by atoms with Crippen molar-refractivity contribution in [2.45, 2.75) is 58.7 Å². The van der Waals surface area contributed by atoms with Crippen molar-refractivity contribution in [1.29, 1.82) is 0 Å². The maximum absolute atomic E-state index is 13.0. The van der Waals surface area contributed by atoms with Gasteiger partial charge in [-0.05, 0) is 86.2 Å². The summed E-state index contributed by atoms with van der Waals surface area (Å²) in [5, 5.41) is 2.84. The fourth-order valence-corrected chi connectivity index (χ4v) is 3.94. The number of rotatable bonds is 9. The summed E-state index contributed by atoms with van der Waals surface area (Å²) in [7, 11) is 0. The molecule has 0 bridgehead atoms. The van der Waals surface area contributed by atoms with E-state index in [4.69, 9.17) is 9.47 Å². The smallest absolute Gasteiger partial charge is 0.416 e. The van der Waals surface area contributed by atoms with Gasteiger partial charge in [-0.3, -0.25) is 4.79 Å². The molecular weight excluding hydrogens is 495 g/mol. The van der Waals surface area contributed by atoms with Crippen molar-refractivity contribution in [3.63, 3.8) is 0 Å². The molecule has 0 aliphatic heterocycles. The van der Waals surface area contributed by atoms with Gasteiger partial charge in [0, 0.05) is 12.1 Å². The molecular formula is C30H32F3NO4. The zero-order valence-corrected chi connectivity index (χ0v) is 22.1. The van der Waals surface area contributed by atoms with Crippen molar-refractivity contribution in [3.05, 3.63) is 83.4 Å². The number of hydrogen-bond donors (Lipinski definition) is 1. The zero-order valence-electron chi connectivity index (χ0n) is 22.1. The second kappa shape index (κ2) is 11.7. The third-order valence-electron chi connectivity index (χ3n) is 6.08. The Hall–Kier alpha value is -3.81. The quantitative estimate of drug-likeness (QED) is 0.292. The van der Waals surface area contributed by atoms with E-state index >= 15 is 0 Å². The molecule has 8 heteroatoms. The fourth-order valence-electron chi connectivity index (χ4n) is 3.94. The van der Waals surface area contributed by atoms with Crippen molar-refractivity contribution >= 4 is 17.6 Å². The molecule has 0 fully saturated rings. The number of alkyl halides is 3. The molecule has 1 amide bonds. The predicted octanol–water partition coefficient (Wildman–Crippen LogP) is 7.53. The first-order valence-electron chi connectivity index (χ1n) is 12.3.